The van der Waals surface area contributed by atoms with Crippen molar-refractivity contribution >= 4 is 17.1 Å². The number of rotatable bonds is 1. The van der Waals surface area contributed by atoms with Crippen molar-refractivity contribution < 1.29 is 38.4 Å². The van der Waals surface area contributed by atoms with Gasteiger partial charge in [0.1, 0.15) is 7.05 Å². The van der Waals surface area contributed by atoms with Gasteiger partial charge in [-0.25, -0.2) is 23.2 Å². The molecular weight excluding hydrogens is 304 g/mol. The molecule has 0 atom stereocenters. The summed E-state index contributed by atoms with van der Waals surface area (Å²) in [6.07, 6.45) is 0. The third-order valence-corrected chi connectivity index (χ3v) is 3.63. The largest absolute Gasteiger partial charge is 0.270 e. The molecule has 9 heteroatoms. The van der Waals surface area contributed by atoms with Crippen LogP contribution in [0, 0.1) is 20.4 Å². The van der Waals surface area contributed by atoms with E-state index in [0.29, 0.717) is 0 Å². The first-order valence-electron chi connectivity index (χ1n) is 5.84. The van der Waals surface area contributed by atoms with Crippen molar-refractivity contribution in [3.05, 3.63) is 33.9 Å². The lowest BCUT2D eigenvalue weighted by atomic mass is 9.82. The number of nitrogens with zero attached hydrogens (tertiary/aromatic N) is 2. The molecule has 8 nitrogen and oxygen atoms in total. The minimum Gasteiger partial charge on any atom is -0.258 e. The number of halogens is 1. The van der Waals surface area contributed by atoms with E-state index < -0.39 is 10.2 Å². The van der Waals surface area contributed by atoms with Gasteiger partial charge in [0.15, 0.2) is 5.71 Å². The van der Waals surface area contributed by atoms with Gasteiger partial charge in [0.2, 0.25) is 5.69 Å². The first-order chi connectivity index (χ1) is 9.35. The lowest BCUT2D eigenvalue weighted by Crippen LogP contribution is -2.68. The minimum atomic E-state index is -4.94. The number of non-ortho nitro benzene ring substituents is 1. The predicted octanol–water partition coefficient (Wildman–Crippen LogP) is -2.14. The van der Waals surface area contributed by atoms with Crippen molar-refractivity contribution in [2.24, 2.45) is 0 Å². The smallest absolute Gasteiger partial charge is 0.258 e. The van der Waals surface area contributed by atoms with Crippen LogP contribution in [0.3, 0.4) is 0 Å². The zero-order valence-electron chi connectivity index (χ0n) is 12.0. The Hall–Kier alpha value is -1.58. The van der Waals surface area contributed by atoms with Gasteiger partial charge in [-0.1, -0.05) is 0 Å². The summed E-state index contributed by atoms with van der Waals surface area (Å²) in [5.41, 5.74) is 3.34. The lowest BCUT2D eigenvalue weighted by Gasteiger charge is -2.17. The molecule has 0 unspecified atom stereocenters. The van der Waals surface area contributed by atoms with Crippen molar-refractivity contribution in [3.8, 4) is 0 Å². The summed E-state index contributed by atoms with van der Waals surface area (Å²) < 4.78 is 36.1. The second kappa shape index (κ2) is 5.66. The Morgan fingerprint density at radius 3 is 2.10 bits per heavy atom. The fourth-order valence-electron chi connectivity index (χ4n) is 2.23. The number of hydrogen-bond donors (Lipinski definition) is 0. The van der Waals surface area contributed by atoms with Crippen LogP contribution in [0.1, 0.15) is 26.3 Å². The van der Waals surface area contributed by atoms with Gasteiger partial charge in [-0.15, -0.1) is 10.2 Å². The van der Waals surface area contributed by atoms with Crippen molar-refractivity contribution in [2.75, 3.05) is 7.05 Å². The van der Waals surface area contributed by atoms with Crippen LogP contribution in [0.15, 0.2) is 18.2 Å². The molecule has 1 aliphatic heterocycles. The van der Waals surface area contributed by atoms with Crippen molar-refractivity contribution in [2.45, 2.75) is 26.2 Å². The normalized spacial score (nSPS) is 16.2. The van der Waals surface area contributed by atoms with Gasteiger partial charge in [0, 0.05) is 30.7 Å². The molecule has 1 aliphatic rings. The van der Waals surface area contributed by atoms with Gasteiger partial charge in [-0.2, -0.15) is 0 Å². The molecule has 0 radical (unpaired) electrons. The highest BCUT2D eigenvalue weighted by Gasteiger charge is 2.42. The van der Waals surface area contributed by atoms with Gasteiger partial charge in [0.25, 0.3) is 5.69 Å². The van der Waals surface area contributed by atoms with Gasteiger partial charge in [0.05, 0.1) is 10.3 Å². The van der Waals surface area contributed by atoms with E-state index in [9.17, 15) is 10.1 Å². The predicted molar refractivity (Wildman–Crippen MR) is 62.6 cm³/mol. The molecular formula is C12H15ClN2O6. The van der Waals surface area contributed by atoms with Crippen LogP contribution in [0.5, 0.6) is 0 Å². The van der Waals surface area contributed by atoms with Crippen LogP contribution in [0.2, 0.25) is 0 Å². The maximum atomic E-state index is 10.8. The third-order valence-electron chi connectivity index (χ3n) is 3.63. The molecule has 2 rings (SSSR count). The first kappa shape index (κ1) is 17.5. The highest BCUT2D eigenvalue weighted by molar-refractivity contribution is 5.93. The quantitative estimate of drug-likeness (QED) is 0.329. The Balaban J connectivity index is 0.000000383. The molecule has 0 amide bonds. The fourth-order valence-corrected chi connectivity index (χ4v) is 2.23. The van der Waals surface area contributed by atoms with Gasteiger partial charge < -0.3 is 0 Å². The van der Waals surface area contributed by atoms with E-state index in [2.05, 4.69) is 25.3 Å². The summed E-state index contributed by atoms with van der Waals surface area (Å²) in [4.78, 5) is 10.4. The van der Waals surface area contributed by atoms with Crippen LogP contribution in [0.4, 0.5) is 11.4 Å². The first-order valence-corrected chi connectivity index (χ1v) is 7.07. The Morgan fingerprint density at radius 1 is 1.19 bits per heavy atom. The average Bonchev–Trinajstić information content (AvgIpc) is 2.49. The van der Waals surface area contributed by atoms with Gasteiger partial charge in [-0.3, -0.25) is 10.1 Å². The van der Waals surface area contributed by atoms with E-state index in [4.69, 9.17) is 18.6 Å². The highest BCUT2D eigenvalue weighted by atomic mass is 35.7. The number of benzene rings is 1. The maximum absolute atomic E-state index is 10.8. The molecule has 116 valence electrons. The standard InChI is InChI=1S/C12H15N2O2.ClHO4/c1-8-12(2,3)10-7-9(14(15)16)5-6-11(10)13(8)4;2-1(3,4)5/h5-7H,1-4H3;(H,2,3,4,5)/q+1;/p-1. The lowest BCUT2D eigenvalue weighted by molar-refractivity contribution is -2.00. The molecule has 0 spiro atoms. The van der Waals surface area contributed by atoms with Gasteiger partial charge >= 0.3 is 0 Å². The summed E-state index contributed by atoms with van der Waals surface area (Å²) >= 11 is 0. The molecule has 0 saturated carbocycles. The average molecular weight is 319 g/mol. The van der Waals surface area contributed by atoms with Crippen LogP contribution < -0.4 is 18.6 Å². The molecule has 1 aromatic carbocycles. The molecule has 0 saturated heterocycles. The molecule has 0 bridgehead atoms. The van der Waals surface area contributed by atoms with E-state index in [1.165, 1.54) is 5.71 Å². The van der Waals surface area contributed by atoms with Crippen molar-refractivity contribution in [3.63, 3.8) is 0 Å². The van der Waals surface area contributed by atoms with E-state index >= 15 is 0 Å². The second-order valence-electron chi connectivity index (χ2n) is 5.11. The number of fused-ring (bicyclic) bond motifs is 1. The van der Waals surface area contributed by atoms with Crippen molar-refractivity contribution in [1.82, 2.24) is 0 Å². The van der Waals surface area contributed by atoms with Crippen molar-refractivity contribution in [1.29, 1.82) is 0 Å². The van der Waals surface area contributed by atoms with Gasteiger partial charge in [-0.05, 0) is 13.8 Å². The summed E-state index contributed by atoms with van der Waals surface area (Å²) in [7, 11) is -2.95. The molecule has 0 aromatic heterocycles. The topological polar surface area (TPSA) is 138 Å². The minimum absolute atomic E-state index is 0.129. The van der Waals surface area contributed by atoms with Crippen LogP contribution >= 0.6 is 0 Å². The summed E-state index contributed by atoms with van der Waals surface area (Å²) in [6.45, 7) is 6.24. The SMILES string of the molecule is CC1=[N+](C)c2ccc([N+](=O)[O-])cc2C1(C)C.[O-][Cl+3]([O-])([O-])[O-]. The van der Waals surface area contributed by atoms with Crippen LogP contribution in [0.25, 0.3) is 0 Å². The third kappa shape index (κ3) is 3.96. The Kier molecular flexibility index (Phi) is 4.71. The number of nitro groups is 1. The van der Waals surface area contributed by atoms with E-state index in [-0.39, 0.29) is 16.0 Å². The van der Waals surface area contributed by atoms with Crippen LogP contribution in [-0.4, -0.2) is 22.3 Å². The zero-order valence-corrected chi connectivity index (χ0v) is 12.7. The zero-order chi connectivity index (χ0) is 16.6. The molecule has 1 aromatic rings. The Morgan fingerprint density at radius 2 is 1.67 bits per heavy atom. The summed E-state index contributed by atoms with van der Waals surface area (Å²) in [5.74, 6) is 0. The summed E-state index contributed by atoms with van der Waals surface area (Å²) in [6, 6.07) is 5.07. The van der Waals surface area contributed by atoms with E-state index in [0.717, 1.165) is 11.3 Å². The Labute approximate surface area is 123 Å². The Bertz CT molecular complexity index is 600. The van der Waals surface area contributed by atoms with E-state index in [1.54, 1.807) is 12.1 Å². The monoisotopic (exact) mass is 318 g/mol. The maximum Gasteiger partial charge on any atom is 0.270 e. The molecule has 0 fully saturated rings. The second-order valence-corrected chi connectivity index (χ2v) is 5.86. The summed E-state index contributed by atoms with van der Waals surface area (Å²) in [5, 5.41) is 10.8. The van der Waals surface area contributed by atoms with Crippen LogP contribution in [-0.2, 0) is 5.41 Å². The number of nitro benzene ring substituents is 1. The molecule has 21 heavy (non-hydrogen) atoms. The number of hydrogen-bond acceptors (Lipinski definition) is 6. The molecule has 0 N–H and O–H groups in total. The molecule has 1 heterocycles. The highest BCUT2D eigenvalue weighted by Crippen LogP contribution is 2.40. The fraction of sp³-hybridized carbons (Fsp3) is 0.417. The van der Waals surface area contributed by atoms with E-state index in [1.807, 2.05) is 13.1 Å². The molecule has 0 aliphatic carbocycles.